The third-order valence-corrected chi connectivity index (χ3v) is 4.48. The third-order valence-electron chi connectivity index (χ3n) is 2.07. The summed E-state index contributed by atoms with van der Waals surface area (Å²) in [5.74, 6) is 0.0455. The zero-order valence-corrected chi connectivity index (χ0v) is 11.4. The monoisotopic (exact) mass is 306 g/mol. The molecule has 1 rings (SSSR count). The Morgan fingerprint density at radius 3 is 2.75 bits per heavy atom. The minimum atomic E-state index is -3.30. The average molecular weight is 307 g/mol. The number of anilines is 1. The van der Waals surface area contributed by atoms with Crippen LogP contribution in [-0.4, -0.2) is 20.7 Å². The van der Waals surface area contributed by atoms with Crippen LogP contribution in [0, 0.1) is 6.92 Å². The number of nitrogens with two attached hydrogens (primary N) is 1. The molecule has 16 heavy (non-hydrogen) atoms. The Balaban J connectivity index is 2.84. The SMILES string of the molecule is Cc1cccc(NS(=O)(=O)CCCN)c1Br. The Hall–Kier alpha value is -0.590. The normalized spacial score (nSPS) is 11.4. The van der Waals surface area contributed by atoms with Gasteiger partial charge in [-0.05, 0) is 47.4 Å². The van der Waals surface area contributed by atoms with Crippen molar-refractivity contribution in [3.63, 3.8) is 0 Å². The van der Waals surface area contributed by atoms with Crippen LogP contribution in [0.25, 0.3) is 0 Å². The van der Waals surface area contributed by atoms with Crippen LogP contribution < -0.4 is 10.5 Å². The number of aryl methyl sites for hydroxylation is 1. The van der Waals surface area contributed by atoms with E-state index in [2.05, 4.69) is 20.7 Å². The Kier molecular flexibility index (Phi) is 4.76. The lowest BCUT2D eigenvalue weighted by Gasteiger charge is -2.10. The molecule has 0 unspecified atom stereocenters. The minimum Gasteiger partial charge on any atom is -0.330 e. The summed E-state index contributed by atoms with van der Waals surface area (Å²) in [6.45, 7) is 2.28. The molecule has 0 spiro atoms. The second-order valence-electron chi connectivity index (χ2n) is 3.50. The highest BCUT2D eigenvalue weighted by molar-refractivity contribution is 9.10. The van der Waals surface area contributed by atoms with Gasteiger partial charge >= 0.3 is 0 Å². The molecule has 4 nitrogen and oxygen atoms in total. The fourth-order valence-corrected chi connectivity index (χ4v) is 2.87. The van der Waals surface area contributed by atoms with Gasteiger partial charge in [-0.3, -0.25) is 4.72 Å². The smallest absolute Gasteiger partial charge is 0.232 e. The summed E-state index contributed by atoms with van der Waals surface area (Å²) in [5.41, 5.74) is 6.83. The number of hydrogen-bond acceptors (Lipinski definition) is 3. The van der Waals surface area contributed by atoms with Crippen LogP contribution in [0.3, 0.4) is 0 Å². The van der Waals surface area contributed by atoms with Crippen molar-refractivity contribution in [2.45, 2.75) is 13.3 Å². The van der Waals surface area contributed by atoms with Crippen molar-refractivity contribution >= 4 is 31.6 Å². The molecule has 0 aromatic heterocycles. The standard InChI is InChI=1S/C10H15BrN2O2S/c1-8-4-2-5-9(10(8)11)13-16(14,15)7-3-6-12/h2,4-5,13H,3,6-7,12H2,1H3. The maximum absolute atomic E-state index is 11.6. The summed E-state index contributed by atoms with van der Waals surface area (Å²) < 4.78 is 26.6. The van der Waals surface area contributed by atoms with Crippen LogP contribution in [0.1, 0.15) is 12.0 Å². The second-order valence-corrected chi connectivity index (χ2v) is 6.13. The summed E-state index contributed by atoms with van der Waals surface area (Å²) in [5, 5.41) is 0. The van der Waals surface area contributed by atoms with Gasteiger partial charge in [0.25, 0.3) is 0 Å². The molecule has 0 heterocycles. The topological polar surface area (TPSA) is 72.2 Å². The van der Waals surface area contributed by atoms with Crippen molar-refractivity contribution in [2.75, 3.05) is 17.0 Å². The summed E-state index contributed by atoms with van der Waals surface area (Å²) in [6, 6.07) is 5.43. The van der Waals surface area contributed by atoms with Gasteiger partial charge in [-0.2, -0.15) is 0 Å². The van der Waals surface area contributed by atoms with Crippen molar-refractivity contribution in [1.82, 2.24) is 0 Å². The number of halogens is 1. The number of rotatable bonds is 5. The first-order valence-electron chi connectivity index (χ1n) is 4.92. The van der Waals surface area contributed by atoms with E-state index in [1.54, 1.807) is 12.1 Å². The van der Waals surface area contributed by atoms with Crippen molar-refractivity contribution < 1.29 is 8.42 Å². The van der Waals surface area contributed by atoms with E-state index in [1.807, 2.05) is 13.0 Å². The van der Waals surface area contributed by atoms with Crippen LogP contribution in [-0.2, 0) is 10.0 Å². The molecule has 0 fully saturated rings. The third kappa shape index (κ3) is 3.77. The first-order chi connectivity index (χ1) is 7.46. The van der Waals surface area contributed by atoms with Gasteiger partial charge in [0.15, 0.2) is 0 Å². The lowest BCUT2D eigenvalue weighted by atomic mass is 10.2. The van der Waals surface area contributed by atoms with E-state index in [0.29, 0.717) is 18.7 Å². The lowest BCUT2D eigenvalue weighted by molar-refractivity contribution is 0.598. The Morgan fingerprint density at radius 2 is 2.12 bits per heavy atom. The molecule has 0 aliphatic heterocycles. The summed E-state index contributed by atoms with van der Waals surface area (Å²) in [4.78, 5) is 0. The van der Waals surface area contributed by atoms with E-state index >= 15 is 0 Å². The number of hydrogen-bond donors (Lipinski definition) is 2. The van der Waals surface area contributed by atoms with Crippen LogP contribution in [0.5, 0.6) is 0 Å². The van der Waals surface area contributed by atoms with Crippen LogP contribution in [0.4, 0.5) is 5.69 Å². The van der Waals surface area contributed by atoms with E-state index in [1.165, 1.54) is 0 Å². The van der Waals surface area contributed by atoms with E-state index in [0.717, 1.165) is 10.0 Å². The number of sulfonamides is 1. The minimum absolute atomic E-state index is 0.0455. The predicted molar refractivity (Wildman–Crippen MR) is 70.0 cm³/mol. The molecule has 0 saturated heterocycles. The predicted octanol–water partition coefficient (Wildman–Crippen LogP) is 1.85. The molecule has 0 bridgehead atoms. The van der Waals surface area contributed by atoms with Gasteiger partial charge in [0.1, 0.15) is 0 Å². The highest BCUT2D eigenvalue weighted by Crippen LogP contribution is 2.26. The van der Waals surface area contributed by atoms with E-state index in [-0.39, 0.29) is 5.75 Å². The van der Waals surface area contributed by atoms with Crippen LogP contribution >= 0.6 is 15.9 Å². The highest BCUT2D eigenvalue weighted by atomic mass is 79.9. The molecule has 0 aliphatic carbocycles. The zero-order chi connectivity index (χ0) is 12.2. The van der Waals surface area contributed by atoms with Crippen molar-refractivity contribution in [3.8, 4) is 0 Å². The van der Waals surface area contributed by atoms with Crippen molar-refractivity contribution in [2.24, 2.45) is 5.73 Å². The molecule has 0 saturated carbocycles. The molecule has 3 N–H and O–H groups in total. The highest BCUT2D eigenvalue weighted by Gasteiger charge is 2.12. The quantitative estimate of drug-likeness (QED) is 0.872. The van der Waals surface area contributed by atoms with Gasteiger partial charge in [0, 0.05) is 4.47 Å². The molecular formula is C10H15BrN2O2S. The summed E-state index contributed by atoms with van der Waals surface area (Å²) in [7, 11) is -3.30. The van der Waals surface area contributed by atoms with Gasteiger partial charge < -0.3 is 5.73 Å². The van der Waals surface area contributed by atoms with E-state index < -0.39 is 10.0 Å². The van der Waals surface area contributed by atoms with Crippen molar-refractivity contribution in [3.05, 3.63) is 28.2 Å². The fraction of sp³-hybridized carbons (Fsp3) is 0.400. The fourth-order valence-electron chi connectivity index (χ4n) is 1.22. The van der Waals surface area contributed by atoms with E-state index in [9.17, 15) is 8.42 Å². The Labute approximate surface area is 104 Å². The molecule has 90 valence electrons. The Morgan fingerprint density at radius 1 is 1.44 bits per heavy atom. The summed E-state index contributed by atoms with van der Waals surface area (Å²) >= 11 is 3.35. The lowest BCUT2D eigenvalue weighted by Crippen LogP contribution is -2.19. The van der Waals surface area contributed by atoms with Gasteiger partial charge in [0.2, 0.25) is 10.0 Å². The first kappa shape index (κ1) is 13.5. The molecule has 0 radical (unpaired) electrons. The second kappa shape index (κ2) is 5.65. The Bertz CT molecular complexity index is 460. The molecule has 1 aromatic rings. The molecule has 0 aliphatic rings. The summed E-state index contributed by atoms with van der Waals surface area (Å²) in [6.07, 6.45) is 0.457. The van der Waals surface area contributed by atoms with E-state index in [4.69, 9.17) is 5.73 Å². The van der Waals surface area contributed by atoms with Crippen molar-refractivity contribution in [1.29, 1.82) is 0 Å². The van der Waals surface area contributed by atoms with Gasteiger partial charge in [-0.1, -0.05) is 12.1 Å². The van der Waals surface area contributed by atoms with Gasteiger partial charge in [-0.25, -0.2) is 8.42 Å². The van der Waals surface area contributed by atoms with Gasteiger partial charge in [-0.15, -0.1) is 0 Å². The number of benzene rings is 1. The van der Waals surface area contributed by atoms with Crippen LogP contribution in [0.2, 0.25) is 0 Å². The zero-order valence-electron chi connectivity index (χ0n) is 9.03. The molecular weight excluding hydrogens is 292 g/mol. The first-order valence-corrected chi connectivity index (χ1v) is 7.36. The molecule has 6 heteroatoms. The van der Waals surface area contributed by atoms with Crippen LogP contribution in [0.15, 0.2) is 22.7 Å². The maximum atomic E-state index is 11.6. The maximum Gasteiger partial charge on any atom is 0.232 e. The average Bonchev–Trinajstić information content (AvgIpc) is 2.22. The molecule has 1 aromatic carbocycles. The molecule has 0 atom stereocenters. The number of nitrogens with one attached hydrogen (secondary N) is 1. The largest absolute Gasteiger partial charge is 0.330 e. The van der Waals surface area contributed by atoms with Gasteiger partial charge in [0.05, 0.1) is 11.4 Å². The molecule has 0 amide bonds.